The topological polar surface area (TPSA) is 27.5 Å². The predicted octanol–water partition coefficient (Wildman–Crippen LogP) is 5.03. The van der Waals surface area contributed by atoms with E-state index in [0.29, 0.717) is 21.9 Å². The fourth-order valence-electron chi connectivity index (χ4n) is 11.1. The van der Waals surface area contributed by atoms with Crippen LogP contribution in [0.4, 0.5) is 0 Å². The Morgan fingerprint density at radius 2 is 1.43 bits per heavy atom. The molecule has 5 saturated carbocycles. The normalized spacial score (nSPS) is 62.4. The highest BCUT2D eigenvalue weighted by Crippen LogP contribution is 2.84. The summed E-state index contributed by atoms with van der Waals surface area (Å²) in [5.41, 5.74) is 0.985. The molecule has 0 heterocycles. The summed E-state index contributed by atoms with van der Waals surface area (Å²) in [5, 5.41) is 13.1. The summed E-state index contributed by atoms with van der Waals surface area (Å²) in [6.45, 7) is 15.3. The molecule has 1 N–H and O–H groups in total. The molecule has 0 amide bonds. The highest BCUT2D eigenvalue weighted by Gasteiger charge is 2.81. The highest BCUT2D eigenvalue weighted by atomic mass is 16.5. The second kappa shape index (κ2) is 6.22. The van der Waals surface area contributed by atoms with Crippen molar-refractivity contribution in [3.8, 4) is 0 Å². The molecule has 0 aromatic heterocycles. The molecule has 0 aliphatic heterocycles. The SMILES string of the molecule is CCC1C(CC)C(CC)[C@H]2C3CC3[C@@](C)(CC)[C@@]3(C)C4CC([NH+](C)[O-])C4C1C23. The lowest BCUT2D eigenvalue weighted by atomic mass is 9.42. The van der Waals surface area contributed by atoms with Gasteiger partial charge in [0.25, 0.3) is 0 Å². The first kappa shape index (κ1) is 19.9. The lowest BCUT2D eigenvalue weighted by Crippen LogP contribution is -3.11. The van der Waals surface area contributed by atoms with Gasteiger partial charge in [-0.15, -0.1) is 0 Å². The average Bonchev–Trinajstić information content (AvgIpc) is 3.41. The van der Waals surface area contributed by atoms with Crippen LogP contribution >= 0.6 is 0 Å². The maximum Gasteiger partial charge on any atom is 0.0907 e. The Labute approximate surface area is 173 Å². The van der Waals surface area contributed by atoms with E-state index in [9.17, 15) is 5.21 Å². The van der Waals surface area contributed by atoms with E-state index in [1.807, 2.05) is 7.05 Å². The van der Waals surface area contributed by atoms with E-state index < -0.39 is 0 Å². The molecule has 160 valence electrons. The molecular formula is C26H45NO. The zero-order valence-electron chi connectivity index (χ0n) is 19.5. The molecule has 5 aliphatic rings. The third kappa shape index (κ3) is 1.99. The van der Waals surface area contributed by atoms with E-state index in [0.717, 1.165) is 59.2 Å². The summed E-state index contributed by atoms with van der Waals surface area (Å²) in [4.78, 5) is 0. The molecule has 0 aromatic carbocycles. The summed E-state index contributed by atoms with van der Waals surface area (Å²) >= 11 is 0. The molecular weight excluding hydrogens is 342 g/mol. The van der Waals surface area contributed by atoms with E-state index in [2.05, 4.69) is 41.5 Å². The molecule has 28 heavy (non-hydrogen) atoms. The highest BCUT2D eigenvalue weighted by molar-refractivity contribution is 5.27. The minimum absolute atomic E-state index is 0.389. The minimum atomic E-state index is 0.389. The minimum Gasteiger partial charge on any atom is -0.634 e. The molecule has 2 heteroatoms. The maximum atomic E-state index is 12.6. The Kier molecular flexibility index (Phi) is 4.41. The average molecular weight is 388 g/mol. The second-order valence-corrected chi connectivity index (χ2v) is 12.1. The van der Waals surface area contributed by atoms with Crippen molar-refractivity contribution in [3.05, 3.63) is 5.21 Å². The van der Waals surface area contributed by atoms with Crippen LogP contribution in [-0.2, 0) is 0 Å². The summed E-state index contributed by atoms with van der Waals surface area (Å²) in [7, 11) is 1.90. The molecule has 0 saturated heterocycles. The quantitative estimate of drug-likeness (QED) is 0.658. The summed E-state index contributed by atoms with van der Waals surface area (Å²) in [5.74, 6) is 8.96. The molecule has 5 rings (SSSR count). The molecule has 11 unspecified atom stereocenters. The Hall–Kier alpha value is -0.0800. The number of quaternary nitrogens is 1. The van der Waals surface area contributed by atoms with Crippen LogP contribution < -0.4 is 5.06 Å². The lowest BCUT2D eigenvalue weighted by Gasteiger charge is -2.63. The molecule has 0 aromatic rings. The van der Waals surface area contributed by atoms with Gasteiger partial charge in [-0.25, -0.2) is 0 Å². The van der Waals surface area contributed by atoms with Crippen molar-refractivity contribution in [2.24, 2.45) is 70.0 Å². The van der Waals surface area contributed by atoms with Gasteiger partial charge in [-0.3, -0.25) is 0 Å². The number of nitrogens with one attached hydrogen (secondary N) is 1. The fourth-order valence-corrected chi connectivity index (χ4v) is 11.1. The number of hydrogen-bond acceptors (Lipinski definition) is 1. The largest absolute Gasteiger partial charge is 0.634 e. The Morgan fingerprint density at radius 1 is 0.821 bits per heavy atom. The summed E-state index contributed by atoms with van der Waals surface area (Å²) in [6.07, 6.45) is 8.16. The van der Waals surface area contributed by atoms with E-state index in [1.54, 1.807) is 0 Å². The van der Waals surface area contributed by atoms with Crippen LogP contribution in [0.1, 0.15) is 80.1 Å². The van der Waals surface area contributed by atoms with Gasteiger partial charge in [-0.1, -0.05) is 60.8 Å². The van der Waals surface area contributed by atoms with Gasteiger partial charge in [0.05, 0.1) is 13.1 Å². The summed E-state index contributed by atoms with van der Waals surface area (Å²) < 4.78 is 0. The van der Waals surface area contributed by atoms with Gasteiger partial charge in [0.15, 0.2) is 0 Å². The van der Waals surface area contributed by atoms with Gasteiger partial charge in [0.2, 0.25) is 0 Å². The third-order valence-electron chi connectivity index (χ3n) is 12.3. The van der Waals surface area contributed by atoms with Crippen molar-refractivity contribution < 1.29 is 5.06 Å². The van der Waals surface area contributed by atoms with Crippen molar-refractivity contribution in [3.63, 3.8) is 0 Å². The first-order chi connectivity index (χ1) is 13.3. The van der Waals surface area contributed by atoms with Gasteiger partial charge in [0.1, 0.15) is 0 Å². The Bertz CT molecular complexity index is 632. The lowest BCUT2D eigenvalue weighted by molar-refractivity contribution is -0.870. The number of fused-ring (bicyclic) bond motifs is 5. The van der Waals surface area contributed by atoms with Gasteiger partial charge >= 0.3 is 0 Å². The van der Waals surface area contributed by atoms with Crippen LogP contribution in [0.5, 0.6) is 0 Å². The van der Waals surface area contributed by atoms with Crippen molar-refractivity contribution >= 4 is 0 Å². The smallest absolute Gasteiger partial charge is 0.0907 e. The fraction of sp³-hybridized carbons (Fsp3) is 1.00. The zero-order chi connectivity index (χ0) is 20.2. The van der Waals surface area contributed by atoms with Crippen molar-refractivity contribution in [2.75, 3.05) is 7.05 Å². The molecule has 0 bridgehead atoms. The van der Waals surface area contributed by atoms with Crippen LogP contribution in [0.25, 0.3) is 0 Å². The molecule has 0 spiro atoms. The molecule has 5 aliphatic carbocycles. The molecule has 0 radical (unpaired) electrons. The molecule has 14 atom stereocenters. The van der Waals surface area contributed by atoms with Crippen LogP contribution in [0, 0.1) is 75.2 Å². The molecule has 5 fully saturated rings. The van der Waals surface area contributed by atoms with E-state index in [-0.39, 0.29) is 0 Å². The first-order valence-corrected chi connectivity index (χ1v) is 12.8. The maximum absolute atomic E-state index is 12.6. The Balaban J connectivity index is 1.68. The number of hydroxylamine groups is 2. The predicted molar refractivity (Wildman–Crippen MR) is 116 cm³/mol. The van der Waals surface area contributed by atoms with Crippen LogP contribution in [0.2, 0.25) is 0 Å². The standard InChI is InChI=1S/C26H45NO/c1-8-14-15(9-2)21-17-12-18(17)25(5,11-4)26(6)19-13-20(27(7)28)23(19)22(24(21)26)16(14)10-3/h14-24,27H,8-13H2,1-7H3/t14?,15?,16?,17?,18?,19?,20?,21-,22?,23?,24?,25+,26-/m0/s1. The number of hydrogen-bond donors (Lipinski definition) is 1. The van der Waals surface area contributed by atoms with Crippen molar-refractivity contribution in [1.82, 2.24) is 0 Å². The summed E-state index contributed by atoms with van der Waals surface area (Å²) in [6, 6.07) is 0.389. The van der Waals surface area contributed by atoms with Gasteiger partial charge < -0.3 is 10.3 Å². The van der Waals surface area contributed by atoms with E-state index in [1.165, 1.54) is 38.5 Å². The zero-order valence-corrected chi connectivity index (χ0v) is 19.5. The Morgan fingerprint density at radius 3 is 1.96 bits per heavy atom. The van der Waals surface area contributed by atoms with Gasteiger partial charge in [-0.05, 0) is 76.9 Å². The first-order valence-electron chi connectivity index (χ1n) is 12.8. The van der Waals surface area contributed by atoms with Crippen molar-refractivity contribution in [2.45, 2.75) is 86.1 Å². The monoisotopic (exact) mass is 387 g/mol. The van der Waals surface area contributed by atoms with E-state index >= 15 is 0 Å². The molecule has 2 nitrogen and oxygen atoms in total. The van der Waals surface area contributed by atoms with Crippen LogP contribution in [0.3, 0.4) is 0 Å². The number of rotatable bonds is 5. The van der Waals surface area contributed by atoms with Gasteiger partial charge in [0, 0.05) is 12.3 Å². The van der Waals surface area contributed by atoms with Crippen LogP contribution in [0.15, 0.2) is 0 Å². The third-order valence-corrected chi connectivity index (χ3v) is 12.3. The van der Waals surface area contributed by atoms with Gasteiger partial charge in [-0.2, -0.15) is 0 Å². The van der Waals surface area contributed by atoms with Crippen LogP contribution in [-0.4, -0.2) is 13.1 Å². The van der Waals surface area contributed by atoms with E-state index in [4.69, 9.17) is 0 Å². The second-order valence-electron chi connectivity index (χ2n) is 12.1. The van der Waals surface area contributed by atoms with Crippen molar-refractivity contribution in [1.29, 1.82) is 0 Å².